The van der Waals surface area contributed by atoms with Crippen LogP contribution in [0.5, 0.6) is 0 Å². The number of amides is 3. The number of carbonyl (C=O) groups excluding carboxylic acids is 3. The predicted molar refractivity (Wildman–Crippen MR) is 339 cm³/mol. The van der Waals surface area contributed by atoms with Gasteiger partial charge in [-0.2, -0.15) is 30.7 Å². The van der Waals surface area contributed by atoms with Crippen LogP contribution in [0.25, 0.3) is 0 Å². The van der Waals surface area contributed by atoms with E-state index < -0.39 is 29.1 Å². The number of nitrogens with zero attached hydrogens (tertiary/aromatic N) is 10. The lowest BCUT2D eigenvalue weighted by atomic mass is 10.3. The van der Waals surface area contributed by atoms with Crippen LogP contribution >= 0.6 is 10.7 Å². The van der Waals surface area contributed by atoms with Gasteiger partial charge in [0, 0.05) is 128 Å². The summed E-state index contributed by atoms with van der Waals surface area (Å²) in [6.45, 7) is 2.08. The van der Waals surface area contributed by atoms with Gasteiger partial charge >= 0.3 is 0 Å². The van der Waals surface area contributed by atoms with Gasteiger partial charge in [-0.3, -0.25) is 19.3 Å². The number of halogens is 1. The Labute approximate surface area is 512 Å². The van der Waals surface area contributed by atoms with Gasteiger partial charge in [-0.05, 0) is 146 Å². The molecule has 6 aromatic rings. The number of hydrogen-bond acceptors (Lipinski definition) is 22. The SMILES string of the molecule is CN(C)c1ccc(N=Nc2ccc(S(=O)(=O)Cl)cc2)cc1.CN(C)c1ccc(N=Nc2ccc(S(=O)(=O)NCCN)cc2)cc1.CN(C)c1ccc(N=Nc2ccc(S(=O)(=O)NCCNC(=O)CCOCCN3C(=O)C=CC3=O)cc2)cc1.NCCN. The highest BCUT2D eigenvalue weighted by atomic mass is 35.7. The standard InChI is InChI=1S/C25H30N6O6S.C16H21N5O2S.C14H14ClN3O2S.C2H8N2/c1-30(2)21-7-3-19(4-8-21)28-29-20-5-9-22(10-6-20)38(35,36)27-15-14-26-23(32)13-17-37-18-16-31-24(33)11-12-25(31)34;1-21(2)15-7-3-13(4-8-15)19-20-14-5-9-16(10-6-14)24(22,23)18-12-11-17;1-18(2)13-7-3-11(4-8-13)16-17-12-5-9-14(10-6-12)21(15,19)20;3-1-2-4/h3-12,27H,13-18H2,1-2H3,(H,26,32);3-10,18H,11-12,17H2,1-2H3;3-10H,1-2H3;1-4H2. The topological polar surface area (TPSA) is 364 Å². The molecule has 87 heavy (non-hydrogen) atoms. The van der Waals surface area contributed by atoms with E-state index in [1.165, 1.54) is 48.6 Å². The van der Waals surface area contributed by atoms with Crippen molar-refractivity contribution in [1.82, 2.24) is 19.7 Å². The van der Waals surface area contributed by atoms with Gasteiger partial charge in [0.2, 0.25) is 26.0 Å². The Morgan fingerprint density at radius 2 is 0.770 bits per heavy atom. The van der Waals surface area contributed by atoms with Crippen LogP contribution in [0.3, 0.4) is 0 Å². The summed E-state index contributed by atoms with van der Waals surface area (Å²) < 4.78 is 81.2. The Bertz CT molecular complexity index is 3580. The molecule has 0 unspecified atom stereocenters. The molecule has 1 heterocycles. The van der Waals surface area contributed by atoms with E-state index in [4.69, 9.17) is 32.6 Å². The fraction of sp³-hybridized carbons (Fsp3) is 0.281. The minimum Gasteiger partial charge on any atom is -0.379 e. The first-order valence-electron chi connectivity index (χ1n) is 26.7. The van der Waals surface area contributed by atoms with Crippen molar-refractivity contribution in [2.24, 2.45) is 47.9 Å². The highest BCUT2D eigenvalue weighted by Crippen LogP contribution is 2.26. The second-order valence-corrected chi connectivity index (χ2v) is 24.9. The molecule has 3 amide bonds. The van der Waals surface area contributed by atoms with Crippen LogP contribution < -0.4 is 46.7 Å². The van der Waals surface area contributed by atoms with Crippen molar-refractivity contribution in [2.75, 3.05) is 116 Å². The Kier molecular flexibility index (Phi) is 29.5. The highest BCUT2D eigenvalue weighted by molar-refractivity contribution is 8.13. The van der Waals surface area contributed by atoms with E-state index in [1.54, 1.807) is 36.4 Å². The summed E-state index contributed by atoms with van der Waals surface area (Å²) in [4.78, 5) is 42.0. The molecular formula is C57H73ClN16O10S3. The third-order valence-electron chi connectivity index (χ3n) is 11.5. The Morgan fingerprint density at radius 1 is 0.460 bits per heavy atom. The number of nitrogens with two attached hydrogens (primary N) is 3. The van der Waals surface area contributed by atoms with Gasteiger partial charge in [0.15, 0.2) is 0 Å². The molecule has 6 aromatic carbocycles. The summed E-state index contributed by atoms with van der Waals surface area (Å²) >= 11 is 0. The van der Waals surface area contributed by atoms with Crippen LogP contribution in [0.1, 0.15) is 6.42 Å². The van der Waals surface area contributed by atoms with Crippen molar-refractivity contribution in [1.29, 1.82) is 0 Å². The van der Waals surface area contributed by atoms with Crippen LogP contribution in [0, 0.1) is 0 Å². The van der Waals surface area contributed by atoms with Crippen molar-refractivity contribution in [3.8, 4) is 0 Å². The number of imide groups is 1. The van der Waals surface area contributed by atoms with E-state index in [9.17, 15) is 39.6 Å². The molecule has 0 bridgehead atoms. The van der Waals surface area contributed by atoms with E-state index >= 15 is 0 Å². The van der Waals surface area contributed by atoms with Crippen LogP contribution in [0.4, 0.5) is 51.2 Å². The molecule has 0 atom stereocenters. The fourth-order valence-corrected chi connectivity index (χ4v) is 9.62. The number of carbonyl (C=O) groups is 3. The van der Waals surface area contributed by atoms with Crippen LogP contribution in [-0.4, -0.2) is 149 Å². The average molecular weight is 1270 g/mol. The van der Waals surface area contributed by atoms with Crippen molar-refractivity contribution >= 4 is 109 Å². The first-order chi connectivity index (χ1) is 41.3. The molecule has 0 fully saturated rings. The third kappa shape index (κ3) is 25.7. The fourth-order valence-electron chi connectivity index (χ4n) is 6.77. The highest BCUT2D eigenvalue weighted by Gasteiger charge is 2.22. The van der Waals surface area contributed by atoms with E-state index in [0.29, 0.717) is 35.8 Å². The number of sulfonamides is 2. The third-order valence-corrected chi connectivity index (χ3v) is 15.9. The second kappa shape index (κ2) is 36.0. The number of ether oxygens (including phenoxy) is 1. The van der Waals surface area contributed by atoms with Crippen LogP contribution in [-0.2, 0) is 48.2 Å². The van der Waals surface area contributed by atoms with Gasteiger partial charge in [0.05, 0.1) is 68.6 Å². The van der Waals surface area contributed by atoms with Crippen molar-refractivity contribution in [2.45, 2.75) is 21.1 Å². The molecule has 0 saturated carbocycles. The largest absolute Gasteiger partial charge is 0.379 e. The zero-order chi connectivity index (χ0) is 64.0. The zero-order valence-electron chi connectivity index (χ0n) is 49.0. The summed E-state index contributed by atoms with van der Waals surface area (Å²) in [7, 11) is 5.99. The summed E-state index contributed by atoms with van der Waals surface area (Å²) in [5.74, 6) is -1.09. The van der Waals surface area contributed by atoms with E-state index in [1.807, 2.05) is 130 Å². The quantitative estimate of drug-likeness (QED) is 0.0134. The summed E-state index contributed by atoms with van der Waals surface area (Å²) in [5.41, 5.74) is 22.0. The number of anilines is 3. The predicted octanol–water partition coefficient (Wildman–Crippen LogP) is 7.30. The van der Waals surface area contributed by atoms with Gasteiger partial charge in [0.25, 0.3) is 20.9 Å². The lowest BCUT2D eigenvalue weighted by molar-refractivity contribution is -0.138. The molecule has 0 aliphatic carbocycles. The Morgan fingerprint density at radius 3 is 1.07 bits per heavy atom. The van der Waals surface area contributed by atoms with Crippen LogP contribution in [0.2, 0.25) is 0 Å². The zero-order valence-corrected chi connectivity index (χ0v) is 52.2. The molecule has 0 spiro atoms. The summed E-state index contributed by atoms with van der Waals surface area (Å²) in [6.07, 6.45) is 2.44. The van der Waals surface area contributed by atoms with E-state index in [-0.39, 0.29) is 84.8 Å². The Hall–Kier alpha value is -8.23. The molecule has 0 radical (unpaired) electrons. The number of hydrogen-bond donors (Lipinski definition) is 6. The lowest BCUT2D eigenvalue weighted by Crippen LogP contribution is -2.35. The van der Waals surface area contributed by atoms with Crippen molar-refractivity contribution < 1.29 is 44.4 Å². The minimum absolute atomic E-state index is 0.00547. The molecule has 0 saturated heterocycles. The van der Waals surface area contributed by atoms with Crippen LogP contribution in [0.15, 0.2) is 203 Å². The maximum atomic E-state index is 12.5. The molecule has 30 heteroatoms. The number of benzene rings is 6. The van der Waals surface area contributed by atoms with Gasteiger partial charge in [-0.15, -0.1) is 0 Å². The molecule has 1 aliphatic heterocycles. The molecule has 466 valence electrons. The first kappa shape index (κ1) is 71.3. The summed E-state index contributed by atoms with van der Waals surface area (Å²) in [5, 5.41) is 27.3. The number of rotatable bonds is 26. The summed E-state index contributed by atoms with van der Waals surface area (Å²) in [6, 6.07) is 40.8. The number of azo groups is 3. The van der Waals surface area contributed by atoms with E-state index in [2.05, 4.69) is 45.4 Å². The van der Waals surface area contributed by atoms with Crippen molar-refractivity contribution in [3.63, 3.8) is 0 Å². The molecule has 0 aromatic heterocycles. The second-order valence-electron chi connectivity index (χ2n) is 18.8. The first-order valence-corrected chi connectivity index (χ1v) is 31.9. The smallest absolute Gasteiger partial charge is 0.261 e. The van der Waals surface area contributed by atoms with E-state index in [0.717, 1.165) is 33.3 Å². The van der Waals surface area contributed by atoms with Gasteiger partial charge in [-0.1, -0.05) is 0 Å². The van der Waals surface area contributed by atoms with Gasteiger partial charge in [-0.25, -0.2) is 34.7 Å². The molecule has 7 rings (SSSR count). The lowest BCUT2D eigenvalue weighted by Gasteiger charge is -2.13. The maximum Gasteiger partial charge on any atom is 0.261 e. The van der Waals surface area contributed by atoms with Crippen molar-refractivity contribution in [3.05, 3.63) is 158 Å². The molecule has 26 nitrogen and oxygen atoms in total. The maximum absolute atomic E-state index is 12.5. The van der Waals surface area contributed by atoms with Gasteiger partial charge < -0.3 is 42.0 Å². The molecular weight excluding hydrogens is 1200 g/mol. The van der Waals surface area contributed by atoms with Gasteiger partial charge in [0.1, 0.15) is 0 Å². The molecule has 1 aliphatic rings. The average Bonchev–Trinajstić information content (AvgIpc) is 4.05. The monoisotopic (exact) mass is 1270 g/mol. The minimum atomic E-state index is -3.76. The normalized spacial score (nSPS) is 12.3. The number of nitrogens with one attached hydrogen (secondary N) is 3. The molecule has 9 N–H and O–H groups in total. The Balaban J connectivity index is 0.000000285.